The Balaban J connectivity index is 0.00000162. The summed E-state index contributed by atoms with van der Waals surface area (Å²) in [5.74, 6) is 0. The highest BCUT2D eigenvalue weighted by Crippen LogP contribution is 2.56. The molecule has 2 fully saturated rings. The van der Waals surface area contributed by atoms with Gasteiger partial charge in [0.25, 0.3) is 0 Å². The third-order valence-corrected chi connectivity index (χ3v) is 8.60. The topological polar surface area (TPSA) is 0 Å². The molecule has 0 heterocycles. The summed E-state index contributed by atoms with van der Waals surface area (Å²) in [5.41, 5.74) is 2.35. The van der Waals surface area contributed by atoms with Crippen molar-refractivity contribution >= 4 is 20.3 Å². The first kappa shape index (κ1) is 16.8. The summed E-state index contributed by atoms with van der Waals surface area (Å²) in [4.78, 5) is 0. The van der Waals surface area contributed by atoms with Gasteiger partial charge in [-0.15, -0.1) is 20.3 Å². The van der Waals surface area contributed by atoms with Gasteiger partial charge in [0.2, 0.25) is 0 Å². The van der Waals surface area contributed by atoms with E-state index in [0.29, 0.717) is 7.92 Å². The van der Waals surface area contributed by atoms with E-state index in [0.717, 1.165) is 0 Å². The van der Waals surface area contributed by atoms with E-state index < -0.39 is 0 Å². The number of rotatable bonds is 5. The fourth-order valence-corrected chi connectivity index (χ4v) is 7.89. The van der Waals surface area contributed by atoms with Crippen LogP contribution in [0, 0.1) is 0 Å². The molecule has 0 aliphatic heterocycles. The molecule has 0 aromatic heterocycles. The van der Waals surface area contributed by atoms with E-state index in [2.05, 4.69) is 6.92 Å². The predicted molar refractivity (Wildman–Crippen MR) is 87.7 cm³/mol. The monoisotopic (exact) mass is 290 g/mol. The molecule has 2 rings (SSSR count). The van der Waals surface area contributed by atoms with E-state index in [-0.39, 0.29) is 12.4 Å². The maximum Gasteiger partial charge on any atom is -0.0207 e. The Morgan fingerprint density at radius 3 is 1.61 bits per heavy atom. The minimum absolute atomic E-state index is 0. The number of halogens is 1. The average Bonchev–Trinajstić information content (AvgIpc) is 2.42. The molecule has 0 amide bonds. The van der Waals surface area contributed by atoms with Crippen molar-refractivity contribution in [2.75, 3.05) is 6.16 Å². The largest absolute Gasteiger partial charge is 0.147 e. The standard InChI is InChI=1S/C16H31P.ClH/c1-2-3-14-17(15-10-6-4-7-11-15)16-12-8-5-9-13-16;/h15-16H,2-14H2,1H3;1H. The SMILES string of the molecule is CCCCP(C1CCCCC1)C1CCCCC1.Cl. The smallest absolute Gasteiger partial charge is 0.0207 e. The van der Waals surface area contributed by atoms with Gasteiger partial charge in [-0.25, -0.2) is 0 Å². The summed E-state index contributed by atoms with van der Waals surface area (Å²) in [6.45, 7) is 2.37. The second-order valence-electron chi connectivity index (χ2n) is 6.18. The van der Waals surface area contributed by atoms with Gasteiger partial charge < -0.3 is 0 Å². The minimum atomic E-state index is 0. The maximum atomic E-state index is 2.37. The van der Waals surface area contributed by atoms with Crippen LogP contribution in [0.5, 0.6) is 0 Å². The Hall–Kier alpha value is 0.720. The molecular weight excluding hydrogens is 259 g/mol. The average molecular weight is 291 g/mol. The van der Waals surface area contributed by atoms with Gasteiger partial charge in [0.05, 0.1) is 0 Å². The van der Waals surface area contributed by atoms with Gasteiger partial charge in [0, 0.05) is 0 Å². The van der Waals surface area contributed by atoms with E-state index in [4.69, 9.17) is 0 Å². The van der Waals surface area contributed by atoms with Crippen molar-refractivity contribution in [1.29, 1.82) is 0 Å². The van der Waals surface area contributed by atoms with Gasteiger partial charge in [-0.3, -0.25) is 0 Å². The zero-order valence-corrected chi connectivity index (χ0v) is 13.9. The van der Waals surface area contributed by atoms with Crippen molar-refractivity contribution < 1.29 is 0 Å². The molecule has 0 aromatic carbocycles. The molecule has 2 aliphatic rings. The normalized spacial score (nSPS) is 23.0. The summed E-state index contributed by atoms with van der Waals surface area (Å²) in [5, 5.41) is 0. The molecule has 2 heteroatoms. The van der Waals surface area contributed by atoms with Crippen LogP contribution in [0.1, 0.15) is 84.0 Å². The van der Waals surface area contributed by atoms with Gasteiger partial charge in [-0.2, -0.15) is 0 Å². The first-order chi connectivity index (χ1) is 8.42. The van der Waals surface area contributed by atoms with Gasteiger partial charge in [0.15, 0.2) is 0 Å². The Kier molecular flexibility index (Phi) is 8.94. The van der Waals surface area contributed by atoms with Crippen LogP contribution in [0.15, 0.2) is 0 Å². The first-order valence-corrected chi connectivity index (χ1v) is 9.84. The second kappa shape index (κ2) is 9.60. The van der Waals surface area contributed by atoms with E-state index in [1.807, 2.05) is 0 Å². The van der Waals surface area contributed by atoms with Crippen LogP contribution in [-0.2, 0) is 0 Å². The molecule has 0 spiro atoms. The molecule has 0 N–H and O–H groups in total. The van der Waals surface area contributed by atoms with Crippen LogP contribution in [0.3, 0.4) is 0 Å². The summed E-state index contributed by atoms with van der Waals surface area (Å²) >= 11 is 0. The lowest BCUT2D eigenvalue weighted by Gasteiger charge is -2.38. The van der Waals surface area contributed by atoms with Gasteiger partial charge in [-0.1, -0.05) is 51.9 Å². The van der Waals surface area contributed by atoms with Crippen LogP contribution in [0.4, 0.5) is 0 Å². The Labute approximate surface area is 122 Å². The zero-order chi connectivity index (χ0) is 11.9. The molecule has 18 heavy (non-hydrogen) atoms. The highest BCUT2D eigenvalue weighted by atomic mass is 35.5. The number of unbranched alkanes of at least 4 members (excludes halogenated alkanes) is 1. The summed E-state index contributed by atoms with van der Waals surface area (Å²) in [6.07, 6.45) is 20.1. The summed E-state index contributed by atoms with van der Waals surface area (Å²) in [7, 11) is 0.397. The first-order valence-electron chi connectivity index (χ1n) is 8.17. The third-order valence-electron chi connectivity index (χ3n) is 4.86. The molecule has 0 radical (unpaired) electrons. The van der Waals surface area contributed by atoms with Gasteiger partial charge >= 0.3 is 0 Å². The molecule has 108 valence electrons. The van der Waals surface area contributed by atoms with Crippen LogP contribution in [0.2, 0.25) is 0 Å². The molecule has 0 bridgehead atoms. The molecule has 0 aromatic rings. The van der Waals surface area contributed by atoms with E-state index in [9.17, 15) is 0 Å². The fraction of sp³-hybridized carbons (Fsp3) is 1.00. The summed E-state index contributed by atoms with van der Waals surface area (Å²) in [6, 6.07) is 0. The number of hydrogen-bond donors (Lipinski definition) is 0. The van der Waals surface area contributed by atoms with Crippen LogP contribution >= 0.6 is 20.3 Å². The lowest BCUT2D eigenvalue weighted by molar-refractivity contribution is 0.483. The molecular formula is C16H32ClP. The van der Waals surface area contributed by atoms with E-state index >= 15 is 0 Å². The third kappa shape index (κ3) is 5.01. The second-order valence-corrected chi connectivity index (χ2v) is 9.11. The van der Waals surface area contributed by atoms with Crippen molar-refractivity contribution in [3.63, 3.8) is 0 Å². The molecule has 2 saturated carbocycles. The Bertz CT molecular complexity index is 177. The predicted octanol–water partition coefficient (Wildman–Crippen LogP) is 6.36. The van der Waals surface area contributed by atoms with Crippen molar-refractivity contribution in [3.8, 4) is 0 Å². The molecule has 2 aliphatic carbocycles. The fourth-order valence-electron chi connectivity index (χ4n) is 3.83. The van der Waals surface area contributed by atoms with Gasteiger partial charge in [-0.05, 0) is 49.6 Å². The lowest BCUT2D eigenvalue weighted by Crippen LogP contribution is -2.21. The van der Waals surface area contributed by atoms with Gasteiger partial charge in [0.1, 0.15) is 0 Å². The highest BCUT2D eigenvalue weighted by molar-refractivity contribution is 7.59. The van der Waals surface area contributed by atoms with Crippen LogP contribution < -0.4 is 0 Å². The van der Waals surface area contributed by atoms with Crippen LogP contribution in [0.25, 0.3) is 0 Å². The molecule has 0 atom stereocenters. The number of hydrogen-bond acceptors (Lipinski definition) is 0. The highest BCUT2D eigenvalue weighted by Gasteiger charge is 2.30. The Morgan fingerprint density at radius 2 is 1.22 bits per heavy atom. The van der Waals surface area contributed by atoms with Crippen molar-refractivity contribution in [3.05, 3.63) is 0 Å². The molecule has 0 saturated heterocycles. The molecule has 0 nitrogen and oxygen atoms in total. The maximum absolute atomic E-state index is 2.37. The van der Waals surface area contributed by atoms with Crippen molar-refractivity contribution in [1.82, 2.24) is 0 Å². The van der Waals surface area contributed by atoms with Crippen molar-refractivity contribution in [2.24, 2.45) is 0 Å². The minimum Gasteiger partial charge on any atom is -0.147 e. The summed E-state index contributed by atoms with van der Waals surface area (Å²) < 4.78 is 0. The zero-order valence-electron chi connectivity index (χ0n) is 12.2. The lowest BCUT2D eigenvalue weighted by atomic mass is 9.99. The van der Waals surface area contributed by atoms with Crippen LogP contribution in [-0.4, -0.2) is 17.5 Å². The molecule has 0 unspecified atom stereocenters. The van der Waals surface area contributed by atoms with Crippen molar-refractivity contribution in [2.45, 2.75) is 95.3 Å². The Morgan fingerprint density at radius 1 is 0.778 bits per heavy atom. The quantitative estimate of drug-likeness (QED) is 0.517. The van der Waals surface area contributed by atoms with E-state index in [1.54, 1.807) is 57.5 Å². The van der Waals surface area contributed by atoms with E-state index in [1.165, 1.54) is 37.0 Å².